The van der Waals surface area contributed by atoms with E-state index in [4.69, 9.17) is 5.84 Å². The minimum Gasteiger partial charge on any atom is -0.302 e. The highest BCUT2D eigenvalue weighted by molar-refractivity contribution is 5.83. The monoisotopic (exact) mass is 247 g/mol. The van der Waals surface area contributed by atoms with Crippen molar-refractivity contribution in [2.24, 2.45) is 5.84 Å². The molecule has 4 nitrogen and oxygen atoms in total. The Morgan fingerprint density at radius 1 is 1.44 bits per heavy atom. The van der Waals surface area contributed by atoms with Crippen LogP contribution < -0.4 is 11.3 Å². The summed E-state index contributed by atoms with van der Waals surface area (Å²) in [6, 6.07) is 10.5. The summed E-state index contributed by atoms with van der Waals surface area (Å²) in [5.41, 5.74) is 3.30. The van der Waals surface area contributed by atoms with Crippen LogP contribution in [0.5, 0.6) is 0 Å². The zero-order valence-corrected chi connectivity index (χ0v) is 10.8. The quantitative estimate of drug-likeness (QED) is 0.467. The predicted molar refractivity (Wildman–Crippen MR) is 71.8 cm³/mol. The number of hydrogen-bond donors (Lipinski definition) is 2. The van der Waals surface area contributed by atoms with Gasteiger partial charge in [0.1, 0.15) is 0 Å². The Kier molecular flexibility index (Phi) is 4.33. The molecule has 1 fully saturated rings. The smallest absolute Gasteiger partial charge is 0.242 e. The predicted octanol–water partition coefficient (Wildman–Crippen LogP) is 1.24. The van der Waals surface area contributed by atoms with E-state index in [1.165, 1.54) is 19.3 Å². The van der Waals surface area contributed by atoms with Crippen LogP contribution in [0.4, 0.5) is 0 Å². The molecule has 1 amide bonds. The number of hydrazine groups is 1. The molecule has 0 saturated heterocycles. The lowest BCUT2D eigenvalue weighted by Gasteiger charge is -2.36. The molecular formula is C14H21N3O. The van der Waals surface area contributed by atoms with Crippen LogP contribution in [0.2, 0.25) is 0 Å². The van der Waals surface area contributed by atoms with Crippen molar-refractivity contribution < 1.29 is 4.79 Å². The molecule has 0 radical (unpaired) electrons. The lowest BCUT2D eigenvalue weighted by Crippen LogP contribution is -2.44. The van der Waals surface area contributed by atoms with Gasteiger partial charge >= 0.3 is 0 Å². The molecule has 1 saturated carbocycles. The van der Waals surface area contributed by atoms with Crippen LogP contribution in [0.15, 0.2) is 30.3 Å². The number of nitrogens with one attached hydrogen (secondary N) is 1. The topological polar surface area (TPSA) is 58.4 Å². The van der Waals surface area contributed by atoms with Crippen molar-refractivity contribution in [3.63, 3.8) is 0 Å². The number of carbonyl (C=O) groups is 1. The average Bonchev–Trinajstić information content (AvgIpc) is 2.34. The maximum absolute atomic E-state index is 11.9. The summed E-state index contributed by atoms with van der Waals surface area (Å²) in [5.74, 6) is 4.98. The van der Waals surface area contributed by atoms with Gasteiger partial charge in [-0.3, -0.25) is 10.2 Å². The van der Waals surface area contributed by atoms with Crippen molar-refractivity contribution in [3.05, 3.63) is 35.9 Å². The van der Waals surface area contributed by atoms with E-state index < -0.39 is 0 Å². The summed E-state index contributed by atoms with van der Waals surface area (Å²) in [5, 5.41) is 0. The lowest BCUT2D eigenvalue weighted by molar-refractivity contribution is -0.123. The molecule has 1 unspecified atom stereocenters. The highest BCUT2D eigenvalue weighted by Gasteiger charge is 2.27. The van der Waals surface area contributed by atoms with Crippen LogP contribution in [0.1, 0.15) is 30.7 Å². The summed E-state index contributed by atoms with van der Waals surface area (Å²) in [6.45, 7) is 0.720. The van der Waals surface area contributed by atoms with Gasteiger partial charge in [0.15, 0.2) is 0 Å². The molecule has 1 aromatic carbocycles. The van der Waals surface area contributed by atoms with E-state index in [1.54, 1.807) is 0 Å². The molecule has 0 heterocycles. The number of rotatable bonds is 5. The highest BCUT2D eigenvalue weighted by atomic mass is 16.2. The Labute approximate surface area is 108 Å². The van der Waals surface area contributed by atoms with Crippen molar-refractivity contribution >= 4 is 5.91 Å². The van der Waals surface area contributed by atoms with Gasteiger partial charge in [-0.05, 0) is 25.5 Å². The molecule has 0 aromatic heterocycles. The van der Waals surface area contributed by atoms with Gasteiger partial charge in [0.05, 0.1) is 5.92 Å². The molecule has 1 aliphatic carbocycles. The van der Waals surface area contributed by atoms with Crippen molar-refractivity contribution in [1.29, 1.82) is 0 Å². The van der Waals surface area contributed by atoms with Crippen molar-refractivity contribution in [1.82, 2.24) is 10.3 Å². The Balaban J connectivity index is 2.07. The largest absolute Gasteiger partial charge is 0.302 e. The van der Waals surface area contributed by atoms with E-state index in [1.807, 2.05) is 30.3 Å². The Bertz CT molecular complexity index is 389. The Hall–Kier alpha value is -1.39. The van der Waals surface area contributed by atoms with Gasteiger partial charge < -0.3 is 4.90 Å². The number of benzene rings is 1. The first kappa shape index (κ1) is 13.1. The van der Waals surface area contributed by atoms with Gasteiger partial charge in [-0.2, -0.15) is 0 Å². The van der Waals surface area contributed by atoms with Gasteiger partial charge in [-0.25, -0.2) is 5.84 Å². The van der Waals surface area contributed by atoms with Crippen LogP contribution in [-0.4, -0.2) is 30.4 Å². The molecule has 0 spiro atoms. The molecule has 0 aliphatic heterocycles. The zero-order chi connectivity index (χ0) is 13.0. The minimum atomic E-state index is -0.193. The van der Waals surface area contributed by atoms with Crippen LogP contribution in [0.3, 0.4) is 0 Å². The SMILES string of the molecule is CN(CC(C(=O)NN)c1ccccc1)C1CCC1. The number of hydrogen-bond acceptors (Lipinski definition) is 3. The number of likely N-dealkylation sites (N-methyl/N-ethyl adjacent to an activating group) is 1. The van der Waals surface area contributed by atoms with E-state index in [2.05, 4.69) is 17.4 Å². The van der Waals surface area contributed by atoms with Crippen LogP contribution in [0, 0.1) is 0 Å². The molecule has 0 bridgehead atoms. The third-order valence-electron chi connectivity index (χ3n) is 3.83. The first-order valence-electron chi connectivity index (χ1n) is 6.48. The maximum atomic E-state index is 11.9. The zero-order valence-electron chi connectivity index (χ0n) is 10.8. The second-order valence-corrected chi connectivity index (χ2v) is 5.00. The standard InChI is InChI=1S/C14H21N3O/c1-17(12-8-5-9-12)10-13(14(18)16-15)11-6-3-2-4-7-11/h2-4,6-7,12-13H,5,8-10,15H2,1H3,(H,16,18). The van der Waals surface area contributed by atoms with E-state index in [0.29, 0.717) is 6.04 Å². The molecule has 98 valence electrons. The van der Waals surface area contributed by atoms with Crippen LogP contribution in [-0.2, 0) is 4.79 Å². The fraction of sp³-hybridized carbons (Fsp3) is 0.500. The van der Waals surface area contributed by atoms with E-state index in [-0.39, 0.29) is 11.8 Å². The molecule has 2 rings (SSSR count). The van der Waals surface area contributed by atoms with Gasteiger partial charge in [0, 0.05) is 12.6 Å². The lowest BCUT2D eigenvalue weighted by atomic mass is 9.90. The molecule has 18 heavy (non-hydrogen) atoms. The van der Waals surface area contributed by atoms with Crippen molar-refractivity contribution in [2.75, 3.05) is 13.6 Å². The van der Waals surface area contributed by atoms with Gasteiger partial charge in [0.2, 0.25) is 5.91 Å². The van der Waals surface area contributed by atoms with Crippen LogP contribution in [0.25, 0.3) is 0 Å². The summed E-state index contributed by atoms with van der Waals surface area (Å²) < 4.78 is 0. The molecule has 1 aliphatic rings. The first-order chi connectivity index (χ1) is 8.72. The van der Waals surface area contributed by atoms with E-state index >= 15 is 0 Å². The molecule has 1 aromatic rings. The van der Waals surface area contributed by atoms with Crippen LogP contribution >= 0.6 is 0 Å². The fourth-order valence-electron chi connectivity index (χ4n) is 2.39. The number of carbonyl (C=O) groups excluding carboxylic acids is 1. The minimum absolute atomic E-state index is 0.118. The molecule has 3 N–H and O–H groups in total. The van der Waals surface area contributed by atoms with Gasteiger partial charge in [-0.15, -0.1) is 0 Å². The Morgan fingerprint density at radius 3 is 2.61 bits per heavy atom. The normalized spacial score (nSPS) is 17.3. The number of amides is 1. The van der Waals surface area contributed by atoms with Gasteiger partial charge in [0.25, 0.3) is 0 Å². The third kappa shape index (κ3) is 2.89. The molecule has 1 atom stereocenters. The average molecular weight is 247 g/mol. The van der Waals surface area contributed by atoms with Crippen molar-refractivity contribution in [3.8, 4) is 0 Å². The molecule has 4 heteroatoms. The maximum Gasteiger partial charge on any atom is 0.242 e. The highest BCUT2D eigenvalue weighted by Crippen LogP contribution is 2.26. The molecular weight excluding hydrogens is 226 g/mol. The number of nitrogens with zero attached hydrogens (tertiary/aromatic N) is 1. The third-order valence-corrected chi connectivity index (χ3v) is 3.83. The summed E-state index contributed by atoms with van der Waals surface area (Å²) in [7, 11) is 2.09. The summed E-state index contributed by atoms with van der Waals surface area (Å²) >= 11 is 0. The summed E-state index contributed by atoms with van der Waals surface area (Å²) in [4.78, 5) is 14.2. The van der Waals surface area contributed by atoms with Gasteiger partial charge in [-0.1, -0.05) is 36.8 Å². The second kappa shape index (κ2) is 5.98. The van der Waals surface area contributed by atoms with E-state index in [0.717, 1.165) is 12.1 Å². The first-order valence-corrected chi connectivity index (χ1v) is 6.48. The van der Waals surface area contributed by atoms with E-state index in [9.17, 15) is 4.79 Å². The fourth-order valence-corrected chi connectivity index (χ4v) is 2.39. The number of nitrogens with two attached hydrogens (primary N) is 1. The van der Waals surface area contributed by atoms with Crippen molar-refractivity contribution in [2.45, 2.75) is 31.2 Å². The Morgan fingerprint density at radius 2 is 2.11 bits per heavy atom. The second-order valence-electron chi connectivity index (χ2n) is 5.00. The summed E-state index contributed by atoms with van der Waals surface area (Å²) in [6.07, 6.45) is 3.78.